The summed E-state index contributed by atoms with van der Waals surface area (Å²) in [7, 11) is 0. The molecule has 0 unspecified atom stereocenters. The van der Waals surface area contributed by atoms with Crippen molar-refractivity contribution in [2.45, 2.75) is 19.6 Å². The van der Waals surface area contributed by atoms with Gasteiger partial charge in [-0.05, 0) is 0 Å². The first kappa shape index (κ1) is 7.71. The van der Waals surface area contributed by atoms with Crippen molar-refractivity contribution in [3.05, 3.63) is 0 Å². The van der Waals surface area contributed by atoms with Gasteiger partial charge in [0.25, 0.3) is 5.79 Å². The van der Waals surface area contributed by atoms with Crippen LogP contribution in [-0.2, 0) is 23.9 Å². The van der Waals surface area contributed by atoms with Crippen LogP contribution in [0.15, 0.2) is 0 Å². The summed E-state index contributed by atoms with van der Waals surface area (Å²) < 4.78 is 8.85. The van der Waals surface area contributed by atoms with Crippen molar-refractivity contribution in [1.82, 2.24) is 0 Å². The Hall–Kier alpha value is -1.39. The van der Waals surface area contributed by atoms with E-state index in [0.717, 1.165) is 0 Å². The van der Waals surface area contributed by atoms with Crippen molar-refractivity contribution < 1.29 is 23.9 Å². The molecule has 0 atom stereocenters. The summed E-state index contributed by atoms with van der Waals surface area (Å²) in [5.74, 6) is -4.90. The van der Waals surface area contributed by atoms with Crippen LogP contribution >= 0.6 is 0 Å². The van der Waals surface area contributed by atoms with E-state index in [-0.39, 0.29) is 0 Å². The smallest absolute Gasteiger partial charge is 0.390 e. The Labute approximate surface area is 62.3 Å². The summed E-state index contributed by atoms with van der Waals surface area (Å²) in [6.45, 7) is 2.74. The highest BCUT2D eigenvalue weighted by atomic mass is 16.7. The van der Waals surface area contributed by atoms with E-state index < -0.39 is 23.5 Å². The highest BCUT2D eigenvalue weighted by molar-refractivity contribution is 6.60. The fourth-order valence-corrected chi connectivity index (χ4v) is 0.643. The summed E-state index contributed by atoms with van der Waals surface area (Å²) >= 11 is 0. The van der Waals surface area contributed by atoms with Crippen molar-refractivity contribution in [3.8, 4) is 0 Å². The second-order valence-corrected chi connectivity index (χ2v) is 2.51. The van der Waals surface area contributed by atoms with Crippen molar-refractivity contribution in [3.63, 3.8) is 0 Å². The van der Waals surface area contributed by atoms with Gasteiger partial charge in [-0.15, -0.1) is 0 Å². The minimum atomic E-state index is -1.32. The molecule has 5 nitrogen and oxygen atoms in total. The molecule has 1 fully saturated rings. The summed E-state index contributed by atoms with van der Waals surface area (Å²) in [6, 6.07) is 0. The number of ether oxygens (including phenoxy) is 2. The standard InChI is InChI=1S/C6H6O5/c1-6(2)10-4(8)3(7)5(9)11-6/h1-2H3. The topological polar surface area (TPSA) is 69.7 Å². The third-order valence-corrected chi connectivity index (χ3v) is 1.05. The molecular formula is C6H6O5. The molecule has 0 N–H and O–H groups in total. The van der Waals surface area contributed by atoms with E-state index >= 15 is 0 Å². The van der Waals surface area contributed by atoms with E-state index in [4.69, 9.17) is 0 Å². The summed E-state index contributed by atoms with van der Waals surface area (Å²) in [5.41, 5.74) is 0. The van der Waals surface area contributed by atoms with Gasteiger partial charge in [0.1, 0.15) is 0 Å². The first-order valence-electron chi connectivity index (χ1n) is 2.93. The number of cyclic esters (lactones) is 2. The second kappa shape index (κ2) is 2.05. The van der Waals surface area contributed by atoms with E-state index in [9.17, 15) is 14.4 Å². The lowest BCUT2D eigenvalue weighted by atomic mass is 10.3. The molecule has 5 heteroatoms. The maximum atomic E-state index is 10.5. The maximum Gasteiger partial charge on any atom is 0.390 e. The fraction of sp³-hybridized carbons (Fsp3) is 0.500. The van der Waals surface area contributed by atoms with Crippen molar-refractivity contribution in [1.29, 1.82) is 0 Å². The molecule has 1 aliphatic rings. The minimum Gasteiger partial charge on any atom is -0.417 e. The lowest BCUT2D eigenvalue weighted by molar-refractivity contribution is -0.228. The molecule has 1 saturated heterocycles. The number of esters is 2. The number of hydrogen-bond donors (Lipinski definition) is 0. The molecule has 1 heterocycles. The summed E-state index contributed by atoms with van der Waals surface area (Å²) in [5, 5.41) is 0. The van der Waals surface area contributed by atoms with Crippen LogP contribution < -0.4 is 0 Å². The highest BCUT2D eigenvalue weighted by Crippen LogP contribution is 2.16. The molecule has 0 aliphatic carbocycles. The van der Waals surface area contributed by atoms with Gasteiger partial charge < -0.3 is 9.47 Å². The van der Waals surface area contributed by atoms with Gasteiger partial charge in [-0.3, -0.25) is 4.79 Å². The van der Waals surface area contributed by atoms with E-state index in [0.29, 0.717) is 0 Å². The second-order valence-electron chi connectivity index (χ2n) is 2.51. The van der Waals surface area contributed by atoms with E-state index in [2.05, 4.69) is 9.47 Å². The van der Waals surface area contributed by atoms with Crippen LogP contribution in [0.2, 0.25) is 0 Å². The van der Waals surface area contributed by atoms with Crippen LogP contribution in [0.5, 0.6) is 0 Å². The van der Waals surface area contributed by atoms with Gasteiger partial charge in [-0.25, -0.2) is 9.59 Å². The molecule has 60 valence electrons. The first-order valence-corrected chi connectivity index (χ1v) is 2.93. The molecule has 0 aromatic carbocycles. The van der Waals surface area contributed by atoms with Crippen molar-refractivity contribution in [2.75, 3.05) is 0 Å². The lowest BCUT2D eigenvalue weighted by Gasteiger charge is -2.27. The molecule has 0 saturated carbocycles. The van der Waals surface area contributed by atoms with Crippen LogP contribution in [0.25, 0.3) is 0 Å². The fourth-order valence-electron chi connectivity index (χ4n) is 0.643. The zero-order valence-electron chi connectivity index (χ0n) is 6.04. The summed E-state index contributed by atoms with van der Waals surface area (Å²) in [6.07, 6.45) is 0. The Kier molecular flexibility index (Phi) is 1.44. The largest absolute Gasteiger partial charge is 0.417 e. The molecule has 0 aromatic rings. The van der Waals surface area contributed by atoms with Gasteiger partial charge >= 0.3 is 17.7 Å². The van der Waals surface area contributed by atoms with Crippen LogP contribution in [0.4, 0.5) is 0 Å². The quantitative estimate of drug-likeness (QED) is 0.347. The number of ketones is 1. The third-order valence-electron chi connectivity index (χ3n) is 1.05. The predicted molar refractivity (Wildman–Crippen MR) is 31.3 cm³/mol. The van der Waals surface area contributed by atoms with Crippen molar-refractivity contribution >= 4 is 17.7 Å². The van der Waals surface area contributed by atoms with Gasteiger partial charge in [-0.1, -0.05) is 0 Å². The van der Waals surface area contributed by atoms with E-state index in [1.54, 1.807) is 0 Å². The van der Waals surface area contributed by atoms with Gasteiger partial charge in [0, 0.05) is 13.8 Å². The SMILES string of the molecule is CC1(C)OC(=O)C(=O)C(=O)O1. The zero-order valence-corrected chi connectivity index (χ0v) is 6.04. The number of Topliss-reactive ketones (excluding diaryl/α,β-unsaturated/α-hetero) is 1. The Balaban J connectivity index is 2.87. The van der Waals surface area contributed by atoms with Crippen LogP contribution in [0.3, 0.4) is 0 Å². The normalized spacial score (nSPS) is 22.5. The average molecular weight is 158 g/mol. The molecular weight excluding hydrogens is 152 g/mol. The monoisotopic (exact) mass is 158 g/mol. The average Bonchev–Trinajstić information content (AvgIpc) is 1.81. The Bertz CT molecular complexity index is 217. The van der Waals surface area contributed by atoms with E-state index in [1.807, 2.05) is 0 Å². The minimum absolute atomic E-state index is 1.16. The third kappa shape index (κ3) is 1.36. The summed E-state index contributed by atoms with van der Waals surface area (Å²) in [4.78, 5) is 31.6. The zero-order chi connectivity index (χ0) is 8.65. The van der Waals surface area contributed by atoms with Crippen molar-refractivity contribution in [2.24, 2.45) is 0 Å². The van der Waals surface area contributed by atoms with Crippen LogP contribution in [-0.4, -0.2) is 23.5 Å². The van der Waals surface area contributed by atoms with Gasteiger partial charge in [0.15, 0.2) is 0 Å². The molecule has 1 aliphatic heterocycles. The Morgan fingerprint density at radius 3 is 1.73 bits per heavy atom. The number of rotatable bonds is 0. The van der Waals surface area contributed by atoms with Crippen LogP contribution in [0.1, 0.15) is 13.8 Å². The van der Waals surface area contributed by atoms with E-state index in [1.165, 1.54) is 13.8 Å². The lowest BCUT2D eigenvalue weighted by Crippen LogP contribution is -2.46. The van der Waals surface area contributed by atoms with Gasteiger partial charge in [0.05, 0.1) is 0 Å². The molecule has 0 spiro atoms. The number of carbonyl (C=O) groups is 3. The van der Waals surface area contributed by atoms with Crippen LogP contribution in [0, 0.1) is 0 Å². The molecule has 0 bridgehead atoms. The Morgan fingerprint density at radius 2 is 1.36 bits per heavy atom. The molecule has 0 radical (unpaired) electrons. The maximum absolute atomic E-state index is 10.5. The number of carbonyl (C=O) groups excluding carboxylic acids is 3. The van der Waals surface area contributed by atoms with Gasteiger partial charge in [-0.2, -0.15) is 0 Å². The molecule has 0 aromatic heterocycles. The highest BCUT2D eigenvalue weighted by Gasteiger charge is 2.41. The predicted octanol–water partition coefficient (Wildman–Crippen LogP) is -0.608. The molecule has 1 rings (SSSR count). The molecule has 11 heavy (non-hydrogen) atoms. The number of hydrogen-bond acceptors (Lipinski definition) is 5. The molecule has 0 amide bonds. The Morgan fingerprint density at radius 1 is 1.00 bits per heavy atom. The first-order chi connectivity index (χ1) is 4.92. The van der Waals surface area contributed by atoms with Gasteiger partial charge in [0.2, 0.25) is 0 Å².